The molecule has 2 amide bonds. The molecule has 41 heavy (non-hydrogen) atoms. The van der Waals surface area contributed by atoms with Crippen molar-refractivity contribution in [2.24, 2.45) is 0 Å². The molecule has 0 bridgehead atoms. The van der Waals surface area contributed by atoms with Gasteiger partial charge in [0.05, 0.1) is 17.5 Å². The summed E-state index contributed by atoms with van der Waals surface area (Å²) < 4.78 is 66.3. The van der Waals surface area contributed by atoms with E-state index in [-0.39, 0.29) is 24.7 Å². The van der Waals surface area contributed by atoms with Gasteiger partial charge >= 0.3 is 6.18 Å². The molecule has 0 aliphatic rings. The van der Waals surface area contributed by atoms with Crippen molar-refractivity contribution in [1.82, 2.24) is 10.2 Å². The molecule has 1 atom stereocenters. The maximum absolute atomic E-state index is 13.9. The van der Waals surface area contributed by atoms with Crippen molar-refractivity contribution in [2.45, 2.75) is 45.1 Å². The predicted molar refractivity (Wildman–Crippen MR) is 153 cm³/mol. The van der Waals surface area contributed by atoms with E-state index in [4.69, 9.17) is 11.6 Å². The number of sulfonamides is 1. The fourth-order valence-corrected chi connectivity index (χ4v) is 5.14. The van der Waals surface area contributed by atoms with Crippen LogP contribution in [0.1, 0.15) is 30.5 Å². The lowest BCUT2D eigenvalue weighted by Gasteiger charge is -2.34. The molecule has 12 heteroatoms. The standard InChI is InChI=1S/C29H31ClF3N3O4S/c1-20(2)34-28(38)26(16-21-8-5-4-6-9-21)35(18-22-12-14-24(30)15-13-22)27(37)19-36(41(3,39)40)25-11-7-10-23(17-25)29(31,32)33/h4-15,17,20,26H,16,18-19H2,1-3H3,(H,34,38)/t26-/m0/s1. The van der Waals surface area contributed by atoms with Gasteiger partial charge in [0.15, 0.2) is 0 Å². The molecular formula is C29H31ClF3N3O4S. The minimum Gasteiger partial charge on any atom is -0.352 e. The number of amides is 2. The normalized spacial score (nSPS) is 12.6. The number of nitrogens with one attached hydrogen (secondary N) is 1. The van der Waals surface area contributed by atoms with Crippen LogP contribution in [0, 0.1) is 0 Å². The van der Waals surface area contributed by atoms with Crippen LogP contribution in [-0.4, -0.2) is 50.0 Å². The van der Waals surface area contributed by atoms with E-state index >= 15 is 0 Å². The third kappa shape index (κ3) is 9.22. The van der Waals surface area contributed by atoms with Gasteiger partial charge in [0.25, 0.3) is 0 Å². The van der Waals surface area contributed by atoms with Gasteiger partial charge in [-0.3, -0.25) is 13.9 Å². The second kappa shape index (κ2) is 13.4. The van der Waals surface area contributed by atoms with Crippen LogP contribution in [0.25, 0.3) is 0 Å². The first kappa shape index (κ1) is 32.0. The lowest BCUT2D eigenvalue weighted by molar-refractivity contribution is -0.140. The average Bonchev–Trinajstić information content (AvgIpc) is 2.89. The molecule has 0 saturated heterocycles. The van der Waals surface area contributed by atoms with E-state index in [1.807, 2.05) is 6.07 Å². The molecule has 0 aliphatic carbocycles. The number of nitrogens with zero attached hydrogens (tertiary/aromatic N) is 2. The van der Waals surface area contributed by atoms with E-state index in [9.17, 15) is 31.2 Å². The molecule has 0 unspecified atom stereocenters. The molecule has 0 radical (unpaired) electrons. The molecule has 0 aliphatic heterocycles. The Labute approximate surface area is 243 Å². The Balaban J connectivity index is 2.07. The zero-order valence-electron chi connectivity index (χ0n) is 22.7. The Morgan fingerprint density at radius 3 is 2.12 bits per heavy atom. The van der Waals surface area contributed by atoms with Crippen LogP contribution >= 0.6 is 11.6 Å². The van der Waals surface area contributed by atoms with Gasteiger partial charge in [0, 0.05) is 24.0 Å². The third-order valence-corrected chi connectivity index (χ3v) is 7.50. The zero-order valence-corrected chi connectivity index (χ0v) is 24.3. The number of carbonyl (C=O) groups is 2. The smallest absolute Gasteiger partial charge is 0.352 e. The predicted octanol–water partition coefficient (Wildman–Crippen LogP) is 5.29. The molecule has 0 spiro atoms. The van der Waals surface area contributed by atoms with E-state index in [1.54, 1.807) is 62.4 Å². The summed E-state index contributed by atoms with van der Waals surface area (Å²) in [5.74, 6) is -1.24. The van der Waals surface area contributed by atoms with Crippen molar-refractivity contribution in [3.63, 3.8) is 0 Å². The quantitative estimate of drug-likeness (QED) is 0.320. The van der Waals surface area contributed by atoms with Crippen LogP contribution in [0.3, 0.4) is 0 Å². The van der Waals surface area contributed by atoms with Gasteiger partial charge in [-0.05, 0) is 55.3 Å². The van der Waals surface area contributed by atoms with Crippen molar-refractivity contribution >= 4 is 39.1 Å². The summed E-state index contributed by atoms with van der Waals surface area (Å²) in [6.07, 6.45) is -3.81. The molecule has 1 N–H and O–H groups in total. The Kier molecular flexibility index (Phi) is 10.4. The van der Waals surface area contributed by atoms with Gasteiger partial charge in [0.1, 0.15) is 12.6 Å². The monoisotopic (exact) mass is 609 g/mol. The van der Waals surface area contributed by atoms with Crippen molar-refractivity contribution in [3.05, 3.63) is 101 Å². The largest absolute Gasteiger partial charge is 0.416 e. The number of halogens is 4. The first-order valence-electron chi connectivity index (χ1n) is 12.7. The summed E-state index contributed by atoms with van der Waals surface area (Å²) in [5, 5.41) is 3.28. The highest BCUT2D eigenvalue weighted by Crippen LogP contribution is 2.32. The fraction of sp³-hybridized carbons (Fsp3) is 0.310. The molecule has 0 saturated carbocycles. The Bertz CT molecular complexity index is 1450. The van der Waals surface area contributed by atoms with Crippen molar-refractivity contribution in [2.75, 3.05) is 17.1 Å². The van der Waals surface area contributed by atoms with Gasteiger partial charge in [-0.1, -0.05) is 60.1 Å². The lowest BCUT2D eigenvalue weighted by Crippen LogP contribution is -2.54. The number of carbonyl (C=O) groups excluding carboxylic acids is 2. The molecule has 0 fully saturated rings. The maximum Gasteiger partial charge on any atom is 0.416 e. The molecule has 3 rings (SSSR count). The molecule has 220 valence electrons. The molecule has 0 heterocycles. The summed E-state index contributed by atoms with van der Waals surface area (Å²) in [4.78, 5) is 28.7. The minimum atomic E-state index is -4.72. The number of hydrogen-bond acceptors (Lipinski definition) is 4. The van der Waals surface area contributed by atoms with Crippen LogP contribution in [0.4, 0.5) is 18.9 Å². The van der Waals surface area contributed by atoms with E-state index < -0.39 is 46.2 Å². The van der Waals surface area contributed by atoms with Crippen LogP contribution in [-0.2, 0) is 38.8 Å². The summed E-state index contributed by atoms with van der Waals surface area (Å²) in [5.41, 5.74) is -0.0213. The van der Waals surface area contributed by atoms with Crippen molar-refractivity contribution in [1.29, 1.82) is 0 Å². The summed E-state index contributed by atoms with van der Waals surface area (Å²) in [7, 11) is -4.21. The van der Waals surface area contributed by atoms with Crippen LogP contribution in [0.15, 0.2) is 78.9 Å². The number of alkyl halides is 3. The zero-order chi connectivity index (χ0) is 30.4. The highest BCUT2D eigenvalue weighted by atomic mass is 35.5. The van der Waals surface area contributed by atoms with Crippen molar-refractivity contribution in [3.8, 4) is 0 Å². The molecule has 0 aromatic heterocycles. The summed E-state index contributed by atoms with van der Waals surface area (Å²) in [6, 6.07) is 18.0. The van der Waals surface area contributed by atoms with Crippen LogP contribution in [0.5, 0.6) is 0 Å². The summed E-state index contributed by atoms with van der Waals surface area (Å²) >= 11 is 6.02. The Hall–Kier alpha value is -3.57. The van der Waals surface area contributed by atoms with E-state index in [0.29, 0.717) is 21.0 Å². The fourth-order valence-electron chi connectivity index (χ4n) is 4.17. The first-order valence-corrected chi connectivity index (χ1v) is 14.9. The van der Waals surface area contributed by atoms with E-state index in [0.717, 1.165) is 24.0 Å². The van der Waals surface area contributed by atoms with Gasteiger partial charge in [0.2, 0.25) is 21.8 Å². The molecule has 3 aromatic carbocycles. The Morgan fingerprint density at radius 2 is 1.56 bits per heavy atom. The number of rotatable bonds is 11. The van der Waals surface area contributed by atoms with Crippen LogP contribution < -0.4 is 9.62 Å². The number of benzene rings is 3. The highest BCUT2D eigenvalue weighted by Gasteiger charge is 2.35. The molecular weight excluding hydrogens is 579 g/mol. The Morgan fingerprint density at radius 1 is 0.927 bits per heavy atom. The van der Waals surface area contributed by atoms with Gasteiger partial charge in [-0.2, -0.15) is 13.2 Å². The second-order valence-electron chi connectivity index (χ2n) is 9.83. The number of hydrogen-bond donors (Lipinski definition) is 1. The highest BCUT2D eigenvalue weighted by molar-refractivity contribution is 7.92. The van der Waals surface area contributed by atoms with Gasteiger partial charge in [-0.25, -0.2) is 8.42 Å². The first-order chi connectivity index (χ1) is 19.1. The minimum absolute atomic E-state index is 0.0841. The number of anilines is 1. The molecule has 7 nitrogen and oxygen atoms in total. The van der Waals surface area contributed by atoms with Crippen molar-refractivity contribution < 1.29 is 31.2 Å². The lowest BCUT2D eigenvalue weighted by atomic mass is 10.0. The topological polar surface area (TPSA) is 86.8 Å². The average molecular weight is 610 g/mol. The second-order valence-corrected chi connectivity index (χ2v) is 12.2. The van der Waals surface area contributed by atoms with Crippen LogP contribution in [0.2, 0.25) is 5.02 Å². The van der Waals surface area contributed by atoms with Gasteiger partial charge in [-0.15, -0.1) is 0 Å². The summed E-state index contributed by atoms with van der Waals surface area (Å²) in [6.45, 7) is 2.62. The SMILES string of the molecule is CC(C)NC(=O)[C@H](Cc1ccccc1)N(Cc1ccc(Cl)cc1)C(=O)CN(c1cccc(C(F)(F)F)c1)S(C)(=O)=O. The van der Waals surface area contributed by atoms with Gasteiger partial charge < -0.3 is 10.2 Å². The van der Waals surface area contributed by atoms with E-state index in [2.05, 4.69) is 5.32 Å². The third-order valence-electron chi connectivity index (χ3n) is 6.11. The van der Waals surface area contributed by atoms with E-state index in [1.165, 1.54) is 11.0 Å². The maximum atomic E-state index is 13.9. The molecule has 3 aromatic rings.